The van der Waals surface area contributed by atoms with E-state index in [-0.39, 0.29) is 34.6 Å². The molecule has 0 unspecified atom stereocenters. The number of nitrogens with zero attached hydrogens (tertiary/aromatic N) is 1. The fraction of sp³-hybridized carbons (Fsp3) is 0.455. The number of aromatic nitrogens is 1. The van der Waals surface area contributed by atoms with Gasteiger partial charge in [-0.2, -0.15) is 0 Å². The molecule has 0 aromatic carbocycles. The Bertz CT molecular complexity index is 443. The minimum absolute atomic E-state index is 0.163. The maximum atomic E-state index is 12.8. The summed E-state index contributed by atoms with van der Waals surface area (Å²) in [4.78, 5) is 15.0. The van der Waals surface area contributed by atoms with Gasteiger partial charge in [-0.3, -0.25) is 9.78 Å². The third-order valence-corrected chi connectivity index (χ3v) is 3.02. The lowest BCUT2D eigenvalue weighted by Gasteiger charge is -2.10. The lowest BCUT2D eigenvalue weighted by Crippen LogP contribution is -2.11. The quantitative estimate of drug-likeness (QED) is 0.605. The van der Waals surface area contributed by atoms with E-state index in [0.717, 1.165) is 0 Å². The average Bonchev–Trinajstić information content (AvgIpc) is 2.28. The maximum Gasteiger partial charge on any atom is 0.311 e. The van der Waals surface area contributed by atoms with Crippen molar-refractivity contribution in [3.63, 3.8) is 0 Å². The zero-order valence-corrected chi connectivity index (χ0v) is 11.9. The van der Waals surface area contributed by atoms with Gasteiger partial charge in [-0.1, -0.05) is 27.5 Å². The normalized spacial score (nSPS) is 10.8. The molecule has 0 aliphatic rings. The van der Waals surface area contributed by atoms with Gasteiger partial charge >= 0.3 is 5.97 Å². The molecule has 1 aromatic rings. The molecule has 0 N–H and O–H groups in total. The zero-order chi connectivity index (χ0) is 13.7. The Hall–Kier alpha value is -0.750. The van der Waals surface area contributed by atoms with Crippen LogP contribution in [0.2, 0.25) is 5.02 Å². The second-order valence-electron chi connectivity index (χ2n) is 3.38. The first-order valence-electron chi connectivity index (χ1n) is 5.17. The van der Waals surface area contributed by atoms with Gasteiger partial charge in [-0.05, 0) is 13.0 Å². The molecule has 0 atom stereocenters. The fourth-order valence-corrected chi connectivity index (χ4v) is 2.41. The van der Waals surface area contributed by atoms with Crippen molar-refractivity contribution < 1.29 is 18.3 Å². The first kappa shape index (κ1) is 15.3. The average molecular weight is 343 g/mol. The number of carbonyl (C=O) groups is 1. The van der Waals surface area contributed by atoms with Crippen molar-refractivity contribution in [1.29, 1.82) is 0 Å². The summed E-state index contributed by atoms with van der Waals surface area (Å²) in [5.41, 5.74) is 0.0106. The molecule has 18 heavy (non-hydrogen) atoms. The predicted molar refractivity (Wildman–Crippen MR) is 67.2 cm³/mol. The highest BCUT2D eigenvalue weighted by Gasteiger charge is 2.19. The molecule has 1 aromatic heterocycles. The van der Waals surface area contributed by atoms with E-state index in [0.29, 0.717) is 0 Å². The van der Waals surface area contributed by atoms with Crippen LogP contribution in [0.4, 0.5) is 8.78 Å². The molecule has 1 heterocycles. The molecule has 0 fully saturated rings. The number of esters is 1. The summed E-state index contributed by atoms with van der Waals surface area (Å²) in [5.74, 6) is -0.520. The first-order chi connectivity index (χ1) is 8.49. The van der Waals surface area contributed by atoms with Crippen LogP contribution in [-0.2, 0) is 21.3 Å². The second kappa shape index (κ2) is 6.99. The summed E-state index contributed by atoms with van der Waals surface area (Å²) in [6.45, 7) is 1.89. The lowest BCUT2D eigenvalue weighted by molar-refractivity contribution is -0.142. The Labute approximate surface area is 117 Å². The van der Waals surface area contributed by atoms with Gasteiger partial charge in [0.05, 0.1) is 18.7 Å². The van der Waals surface area contributed by atoms with E-state index in [1.54, 1.807) is 6.92 Å². The monoisotopic (exact) mass is 341 g/mol. The summed E-state index contributed by atoms with van der Waals surface area (Å²) >= 11 is 8.96. The van der Waals surface area contributed by atoms with Crippen LogP contribution in [0.25, 0.3) is 0 Å². The van der Waals surface area contributed by atoms with Crippen molar-refractivity contribution in [3.05, 3.63) is 28.0 Å². The Morgan fingerprint density at radius 2 is 2.28 bits per heavy atom. The molecule has 0 radical (unpaired) electrons. The zero-order valence-electron chi connectivity index (χ0n) is 9.55. The van der Waals surface area contributed by atoms with E-state index in [2.05, 4.69) is 20.9 Å². The van der Waals surface area contributed by atoms with E-state index < -0.39 is 18.1 Å². The maximum absolute atomic E-state index is 12.8. The topological polar surface area (TPSA) is 39.2 Å². The van der Waals surface area contributed by atoms with Crippen LogP contribution in [-0.4, -0.2) is 17.6 Å². The van der Waals surface area contributed by atoms with Crippen LogP contribution in [0.15, 0.2) is 6.07 Å². The Morgan fingerprint density at radius 3 is 2.78 bits per heavy atom. The highest BCUT2D eigenvalue weighted by atomic mass is 79.9. The molecule has 0 aliphatic heterocycles. The molecule has 0 aliphatic carbocycles. The Balaban J connectivity index is 3.05. The van der Waals surface area contributed by atoms with E-state index in [1.165, 1.54) is 6.07 Å². The van der Waals surface area contributed by atoms with Crippen LogP contribution in [0.3, 0.4) is 0 Å². The molecule has 7 heteroatoms. The van der Waals surface area contributed by atoms with Gasteiger partial charge in [0.2, 0.25) is 0 Å². The van der Waals surface area contributed by atoms with Crippen molar-refractivity contribution in [2.24, 2.45) is 0 Å². The van der Waals surface area contributed by atoms with Crippen LogP contribution >= 0.6 is 27.5 Å². The van der Waals surface area contributed by atoms with E-state index >= 15 is 0 Å². The summed E-state index contributed by atoms with van der Waals surface area (Å²) in [5, 5.41) is 0.342. The van der Waals surface area contributed by atoms with Gasteiger partial charge in [0.1, 0.15) is 5.69 Å². The highest BCUT2D eigenvalue weighted by Crippen LogP contribution is 2.29. The van der Waals surface area contributed by atoms with E-state index in [9.17, 15) is 13.6 Å². The molecule has 0 saturated carbocycles. The van der Waals surface area contributed by atoms with Crippen LogP contribution in [0, 0.1) is 0 Å². The number of pyridine rings is 1. The number of rotatable bonds is 5. The number of carbonyl (C=O) groups excluding carboxylic acids is 1. The molecule has 0 bridgehead atoms. The van der Waals surface area contributed by atoms with E-state index in [4.69, 9.17) is 16.3 Å². The van der Waals surface area contributed by atoms with E-state index in [1.807, 2.05) is 0 Å². The van der Waals surface area contributed by atoms with Crippen LogP contribution in [0.5, 0.6) is 0 Å². The minimum Gasteiger partial charge on any atom is -0.466 e. The molecule has 1 rings (SSSR count). The molecule has 3 nitrogen and oxygen atoms in total. The van der Waals surface area contributed by atoms with Crippen molar-refractivity contribution >= 4 is 33.5 Å². The predicted octanol–water partition coefficient (Wildman–Crippen LogP) is 3.67. The number of ether oxygens (including phenoxy) is 1. The Morgan fingerprint density at radius 1 is 1.61 bits per heavy atom. The molecular weight excluding hydrogens is 331 g/mol. The SMILES string of the molecule is CCOC(=O)Cc1cc(Cl)c(CBr)c(C(F)F)n1. The highest BCUT2D eigenvalue weighted by molar-refractivity contribution is 9.08. The number of alkyl halides is 3. The summed E-state index contributed by atoms with van der Waals surface area (Å²) in [6.07, 6.45) is -2.91. The molecule has 0 amide bonds. The molecule has 0 saturated heterocycles. The molecule has 100 valence electrons. The minimum atomic E-state index is -2.74. The van der Waals surface area contributed by atoms with Gasteiger partial charge in [0, 0.05) is 15.9 Å². The van der Waals surface area contributed by atoms with Gasteiger partial charge in [-0.15, -0.1) is 0 Å². The fourth-order valence-electron chi connectivity index (χ4n) is 1.37. The van der Waals surface area contributed by atoms with Gasteiger partial charge < -0.3 is 4.74 Å². The first-order valence-corrected chi connectivity index (χ1v) is 6.67. The van der Waals surface area contributed by atoms with Gasteiger partial charge in [0.15, 0.2) is 0 Å². The van der Waals surface area contributed by atoms with Gasteiger partial charge in [0.25, 0.3) is 6.43 Å². The van der Waals surface area contributed by atoms with Crippen molar-refractivity contribution in [3.8, 4) is 0 Å². The number of hydrogen-bond acceptors (Lipinski definition) is 3. The third kappa shape index (κ3) is 3.88. The summed E-state index contributed by atoms with van der Waals surface area (Å²) in [6, 6.07) is 1.40. The van der Waals surface area contributed by atoms with Crippen molar-refractivity contribution in [2.75, 3.05) is 6.61 Å². The van der Waals surface area contributed by atoms with Gasteiger partial charge in [-0.25, -0.2) is 8.78 Å². The molecular formula is C11H11BrClF2NO2. The van der Waals surface area contributed by atoms with Crippen molar-refractivity contribution in [2.45, 2.75) is 25.1 Å². The van der Waals surface area contributed by atoms with Crippen LogP contribution < -0.4 is 0 Å². The second-order valence-corrected chi connectivity index (χ2v) is 4.34. The standard InChI is InChI=1S/C11H11BrClF2NO2/c1-2-18-9(17)4-6-3-8(13)7(5-12)10(16-6)11(14)15/h3,11H,2,4-5H2,1H3. The molecule has 0 spiro atoms. The smallest absolute Gasteiger partial charge is 0.311 e. The largest absolute Gasteiger partial charge is 0.466 e. The summed E-state index contributed by atoms with van der Waals surface area (Å²) in [7, 11) is 0. The lowest BCUT2D eigenvalue weighted by atomic mass is 10.1. The van der Waals surface area contributed by atoms with Crippen molar-refractivity contribution in [1.82, 2.24) is 4.98 Å². The number of hydrogen-bond donors (Lipinski definition) is 0. The number of halogens is 4. The third-order valence-electron chi connectivity index (χ3n) is 2.13. The van der Waals surface area contributed by atoms with Crippen LogP contribution in [0.1, 0.15) is 30.3 Å². The Kier molecular flexibility index (Phi) is 5.95. The summed E-state index contributed by atoms with van der Waals surface area (Å²) < 4.78 is 30.3.